The van der Waals surface area contributed by atoms with Gasteiger partial charge in [0.15, 0.2) is 18.1 Å². The van der Waals surface area contributed by atoms with Gasteiger partial charge in [-0.3, -0.25) is 4.90 Å². The van der Waals surface area contributed by atoms with Crippen molar-refractivity contribution in [1.29, 1.82) is 0 Å². The Kier molecular flexibility index (Phi) is 5.44. The normalized spacial score (nSPS) is 28.2. The Balaban J connectivity index is 1.95. The van der Waals surface area contributed by atoms with E-state index in [0.717, 1.165) is 11.8 Å². The van der Waals surface area contributed by atoms with E-state index in [1.165, 1.54) is 18.9 Å². The molecule has 27 heavy (non-hydrogen) atoms. The zero-order valence-corrected chi connectivity index (χ0v) is 15.4. The van der Waals surface area contributed by atoms with E-state index in [4.69, 9.17) is 15.2 Å². The van der Waals surface area contributed by atoms with Crippen molar-refractivity contribution in [2.24, 2.45) is 0 Å². The van der Waals surface area contributed by atoms with Crippen molar-refractivity contribution in [3.63, 3.8) is 0 Å². The van der Waals surface area contributed by atoms with Crippen molar-refractivity contribution in [2.75, 3.05) is 24.4 Å². The molecule has 1 fully saturated rings. The quantitative estimate of drug-likeness (QED) is 0.439. The number of ether oxygens (including phenoxy) is 3. The summed E-state index contributed by atoms with van der Waals surface area (Å²) in [6.45, 7) is 4.93. The number of rotatable bonds is 5. The Morgan fingerprint density at radius 1 is 1.44 bits per heavy atom. The molecule has 3 heterocycles. The van der Waals surface area contributed by atoms with E-state index in [1.807, 2.05) is 0 Å². The molecule has 0 radical (unpaired) electrons. The lowest BCUT2D eigenvalue weighted by Gasteiger charge is -2.27. The third-order valence-electron chi connectivity index (χ3n) is 4.14. The summed E-state index contributed by atoms with van der Waals surface area (Å²) < 4.78 is 15.7. The van der Waals surface area contributed by atoms with Crippen molar-refractivity contribution >= 4 is 29.5 Å². The highest BCUT2D eigenvalue weighted by Gasteiger charge is 2.49. The van der Waals surface area contributed by atoms with Crippen LogP contribution in [0.3, 0.4) is 0 Å². The molecular formula is C15H20N4O7S. The fraction of sp³-hybridized carbons (Fsp3) is 0.533. The van der Waals surface area contributed by atoms with Crippen LogP contribution in [-0.4, -0.2) is 75.6 Å². The average molecular weight is 400 g/mol. The Bertz CT molecular complexity index is 764. The second-order valence-corrected chi connectivity index (χ2v) is 7.00. The highest BCUT2D eigenvalue weighted by Crippen LogP contribution is 2.51. The van der Waals surface area contributed by atoms with E-state index >= 15 is 0 Å². The fourth-order valence-corrected chi connectivity index (χ4v) is 3.73. The van der Waals surface area contributed by atoms with E-state index in [-0.39, 0.29) is 17.6 Å². The van der Waals surface area contributed by atoms with Gasteiger partial charge in [-0.1, -0.05) is 18.3 Å². The number of nitrogens with zero attached hydrogens (tertiary/aromatic N) is 3. The predicted molar refractivity (Wildman–Crippen MR) is 93.8 cm³/mol. The second kappa shape index (κ2) is 7.48. The van der Waals surface area contributed by atoms with E-state index in [1.54, 1.807) is 0 Å². The zero-order chi connectivity index (χ0) is 19.9. The van der Waals surface area contributed by atoms with Crippen LogP contribution in [0.4, 0.5) is 11.8 Å². The molecule has 3 rings (SSSR count). The zero-order valence-electron chi connectivity index (χ0n) is 14.6. The van der Waals surface area contributed by atoms with Crippen LogP contribution in [0.2, 0.25) is 0 Å². The maximum atomic E-state index is 11.6. The number of thioether (sulfide) groups is 1. The molecule has 0 bridgehead atoms. The molecule has 0 amide bonds. The molecule has 0 saturated carbocycles. The summed E-state index contributed by atoms with van der Waals surface area (Å²) in [4.78, 5) is 21.7. The molecule has 2 aliphatic heterocycles. The van der Waals surface area contributed by atoms with Gasteiger partial charge in [-0.2, -0.15) is 9.97 Å². The van der Waals surface area contributed by atoms with Crippen molar-refractivity contribution in [3.8, 4) is 5.88 Å². The van der Waals surface area contributed by atoms with Gasteiger partial charge >= 0.3 is 5.97 Å². The first-order valence-corrected chi connectivity index (χ1v) is 8.80. The van der Waals surface area contributed by atoms with Crippen molar-refractivity contribution in [2.45, 2.75) is 42.5 Å². The molecule has 1 saturated heterocycles. The number of methoxy groups -OCH3 is 1. The Hall–Kier alpha value is -2.12. The molecule has 12 heteroatoms. The van der Waals surface area contributed by atoms with Crippen molar-refractivity contribution in [1.82, 2.24) is 9.97 Å². The lowest BCUT2D eigenvalue weighted by molar-refractivity contribution is -0.148. The molecular weight excluding hydrogens is 380 g/mol. The largest absolute Gasteiger partial charge is 0.466 e. The number of aliphatic hydroxyl groups is 3. The van der Waals surface area contributed by atoms with Crippen LogP contribution in [-0.2, 0) is 14.3 Å². The van der Waals surface area contributed by atoms with Gasteiger partial charge in [-0.05, 0) is 6.92 Å². The summed E-state index contributed by atoms with van der Waals surface area (Å²) in [5, 5.41) is 30.0. The Labute approximate surface area is 158 Å². The van der Waals surface area contributed by atoms with Crippen LogP contribution in [0.15, 0.2) is 16.5 Å². The lowest BCUT2D eigenvalue weighted by Crippen LogP contribution is -2.42. The van der Waals surface area contributed by atoms with Gasteiger partial charge in [0.2, 0.25) is 11.8 Å². The monoisotopic (exact) mass is 400 g/mol. The number of aliphatic hydroxyl groups excluding tert-OH is 3. The van der Waals surface area contributed by atoms with Crippen LogP contribution in [0, 0.1) is 0 Å². The minimum absolute atomic E-state index is 0.0517. The topological polar surface area (TPSA) is 160 Å². The van der Waals surface area contributed by atoms with Gasteiger partial charge < -0.3 is 35.3 Å². The van der Waals surface area contributed by atoms with Gasteiger partial charge in [0.1, 0.15) is 23.2 Å². The van der Waals surface area contributed by atoms with E-state index in [9.17, 15) is 20.1 Å². The number of hydrogen-bond acceptors (Lipinski definition) is 12. The highest BCUT2D eigenvalue weighted by atomic mass is 32.2. The number of nitrogens with two attached hydrogens (primary N) is 1. The van der Waals surface area contributed by atoms with Crippen molar-refractivity contribution in [3.05, 3.63) is 11.6 Å². The number of carbonyl (C=O) groups is 1. The molecule has 2 aliphatic rings. The van der Waals surface area contributed by atoms with Crippen LogP contribution in [0.1, 0.15) is 6.92 Å². The third kappa shape index (κ3) is 3.41. The molecule has 0 aliphatic carbocycles. The lowest BCUT2D eigenvalue weighted by atomic mass is 10.1. The number of esters is 1. The van der Waals surface area contributed by atoms with E-state index < -0.39 is 43.2 Å². The Morgan fingerprint density at radius 3 is 2.74 bits per heavy atom. The number of hydrogen-bond donors (Lipinski definition) is 4. The summed E-state index contributed by atoms with van der Waals surface area (Å²) >= 11 is 1.13. The molecule has 1 unspecified atom stereocenters. The van der Waals surface area contributed by atoms with Gasteiger partial charge in [-0.25, -0.2) is 4.79 Å². The van der Waals surface area contributed by atoms with Crippen molar-refractivity contribution < 1.29 is 34.3 Å². The second-order valence-electron chi connectivity index (χ2n) is 5.92. The summed E-state index contributed by atoms with van der Waals surface area (Å²) in [5.41, 5.74) is 5.76. The molecule has 148 valence electrons. The van der Waals surface area contributed by atoms with Crippen LogP contribution in [0.25, 0.3) is 0 Å². The molecule has 1 aromatic rings. The number of carbonyl (C=O) groups excluding carboxylic acids is 1. The maximum Gasteiger partial charge on any atom is 0.346 e. The number of aromatic nitrogens is 2. The van der Waals surface area contributed by atoms with Gasteiger partial charge in [0.05, 0.1) is 18.7 Å². The highest BCUT2D eigenvalue weighted by molar-refractivity contribution is 8.03. The molecule has 11 nitrogen and oxygen atoms in total. The first-order chi connectivity index (χ1) is 12.8. The maximum absolute atomic E-state index is 11.6. The van der Waals surface area contributed by atoms with E-state index in [0.29, 0.717) is 9.92 Å². The van der Waals surface area contributed by atoms with Gasteiger partial charge in [-0.15, -0.1) is 0 Å². The number of fused-ring (bicyclic) bond motifs is 1. The fourth-order valence-electron chi connectivity index (χ4n) is 2.79. The summed E-state index contributed by atoms with van der Waals surface area (Å²) in [7, 11) is 1.24. The third-order valence-corrected chi connectivity index (χ3v) is 5.14. The summed E-state index contributed by atoms with van der Waals surface area (Å²) in [5.74, 6) is -0.425. The molecule has 5 N–H and O–H groups in total. The summed E-state index contributed by atoms with van der Waals surface area (Å²) in [6, 6.07) is 0. The first kappa shape index (κ1) is 19.6. The number of anilines is 2. The summed E-state index contributed by atoms with van der Waals surface area (Å²) in [6.07, 6.45) is -5.54. The molecule has 0 aromatic carbocycles. The van der Waals surface area contributed by atoms with E-state index in [2.05, 4.69) is 21.3 Å². The number of nitrogen functional groups attached to an aromatic ring is 1. The van der Waals surface area contributed by atoms with Crippen LogP contribution in [0.5, 0.6) is 5.88 Å². The SMILES string of the molecule is C=C1Sc2c(OC(C)C(=O)OC)nc(N)nc2N1[C@@H]1O[C@H](CO)[C@@H](O)[C@H]1O. The minimum atomic E-state index is -1.32. The smallest absolute Gasteiger partial charge is 0.346 e. The standard InChI is InChI=1S/C15H20N4O7S/c1-5(14(23)24-3)25-12-10-11(17-15(16)18-12)19(6(2)27-10)13-9(22)8(21)7(4-20)26-13/h5,7-9,13,20-22H,2,4H2,1,3H3,(H2,16,17,18)/t5?,7-,8-,9-,13-/m1/s1. The predicted octanol–water partition coefficient (Wildman–Crippen LogP) is -1.18. The Morgan fingerprint density at radius 2 is 2.15 bits per heavy atom. The molecule has 5 atom stereocenters. The average Bonchev–Trinajstić information content (AvgIpc) is 3.10. The minimum Gasteiger partial charge on any atom is -0.466 e. The molecule has 0 spiro atoms. The first-order valence-electron chi connectivity index (χ1n) is 7.98. The van der Waals surface area contributed by atoms with Gasteiger partial charge in [0, 0.05) is 0 Å². The van der Waals surface area contributed by atoms with Crippen LogP contribution < -0.4 is 15.4 Å². The van der Waals surface area contributed by atoms with Crippen LogP contribution >= 0.6 is 11.8 Å². The van der Waals surface area contributed by atoms with Gasteiger partial charge in [0.25, 0.3) is 0 Å². The molecule has 1 aromatic heterocycles.